The fourth-order valence-electron chi connectivity index (χ4n) is 3.32. The van der Waals surface area contributed by atoms with Gasteiger partial charge in [-0.1, -0.05) is 41.9 Å². The van der Waals surface area contributed by atoms with Gasteiger partial charge in [0.15, 0.2) is 0 Å². The van der Waals surface area contributed by atoms with Gasteiger partial charge in [0.25, 0.3) is 0 Å². The average molecular weight is 440 g/mol. The van der Waals surface area contributed by atoms with Crippen LogP contribution in [0, 0.1) is 0 Å². The number of aromatic nitrogens is 1. The van der Waals surface area contributed by atoms with Crippen molar-refractivity contribution in [3.63, 3.8) is 0 Å². The molecule has 0 aliphatic heterocycles. The first-order valence-electron chi connectivity index (χ1n) is 9.16. The number of sulfone groups is 1. The predicted molar refractivity (Wildman–Crippen MR) is 117 cm³/mol. The highest BCUT2D eigenvalue weighted by Crippen LogP contribution is 2.25. The van der Waals surface area contributed by atoms with Gasteiger partial charge in [-0.25, -0.2) is 8.42 Å². The highest BCUT2D eigenvalue weighted by Gasteiger charge is 2.24. The van der Waals surface area contributed by atoms with Gasteiger partial charge < -0.3 is 9.30 Å². The molecule has 4 aromatic rings. The fourth-order valence-corrected chi connectivity index (χ4v) is 4.81. The third kappa shape index (κ3) is 3.72. The Morgan fingerprint density at radius 1 is 0.967 bits per heavy atom. The largest absolute Gasteiger partial charge is 0.497 e. The number of pyridine rings is 1. The molecule has 0 saturated heterocycles. The quantitative estimate of drug-likeness (QED) is 0.457. The average Bonchev–Trinajstić information content (AvgIpc) is 2.76. The molecule has 0 atom stereocenters. The van der Waals surface area contributed by atoms with Crippen molar-refractivity contribution in [2.45, 2.75) is 16.3 Å². The Morgan fingerprint density at radius 2 is 1.67 bits per heavy atom. The number of hydrogen-bond donors (Lipinski definition) is 0. The van der Waals surface area contributed by atoms with Crippen molar-refractivity contribution >= 4 is 32.3 Å². The van der Waals surface area contributed by atoms with E-state index >= 15 is 0 Å². The van der Waals surface area contributed by atoms with Gasteiger partial charge in [-0.3, -0.25) is 4.79 Å². The first kappa shape index (κ1) is 20.2. The van der Waals surface area contributed by atoms with E-state index in [2.05, 4.69) is 0 Å². The Hall–Kier alpha value is -3.09. The fraction of sp³-hybridized carbons (Fsp3) is 0.0870. The molecule has 0 bridgehead atoms. The second-order valence-corrected chi connectivity index (χ2v) is 9.13. The van der Waals surface area contributed by atoms with Crippen LogP contribution in [0.5, 0.6) is 5.75 Å². The number of nitrogens with zero attached hydrogens (tertiary/aromatic N) is 1. The highest BCUT2D eigenvalue weighted by atomic mass is 35.5. The Kier molecular flexibility index (Phi) is 5.37. The first-order chi connectivity index (χ1) is 14.4. The molecule has 0 spiro atoms. The zero-order valence-corrected chi connectivity index (χ0v) is 17.7. The lowest BCUT2D eigenvalue weighted by atomic mass is 10.1. The third-order valence-electron chi connectivity index (χ3n) is 4.86. The lowest BCUT2D eigenvalue weighted by Crippen LogP contribution is -2.19. The van der Waals surface area contributed by atoms with Crippen molar-refractivity contribution in [1.82, 2.24) is 4.57 Å². The number of hydrogen-bond acceptors (Lipinski definition) is 4. The summed E-state index contributed by atoms with van der Waals surface area (Å²) in [5, 5.41) is 0.694. The van der Waals surface area contributed by atoms with Crippen LogP contribution < -0.4 is 10.2 Å². The number of ether oxygens (including phenoxy) is 1. The van der Waals surface area contributed by atoms with E-state index in [4.69, 9.17) is 16.3 Å². The van der Waals surface area contributed by atoms with Gasteiger partial charge in [0, 0.05) is 17.8 Å². The van der Waals surface area contributed by atoms with Gasteiger partial charge in [0.05, 0.1) is 22.9 Å². The molecule has 0 aliphatic carbocycles. The smallest absolute Gasteiger partial charge is 0.211 e. The lowest BCUT2D eigenvalue weighted by Gasteiger charge is -2.15. The minimum atomic E-state index is -4.05. The summed E-state index contributed by atoms with van der Waals surface area (Å²) < 4.78 is 33.6. The van der Waals surface area contributed by atoms with Gasteiger partial charge in [-0.05, 0) is 48.0 Å². The summed E-state index contributed by atoms with van der Waals surface area (Å²) in [5.41, 5.74) is 1.04. The van der Waals surface area contributed by atoms with Crippen LogP contribution in [0.25, 0.3) is 10.9 Å². The highest BCUT2D eigenvalue weighted by molar-refractivity contribution is 7.91. The zero-order valence-electron chi connectivity index (χ0n) is 16.1. The number of rotatable bonds is 5. The van der Waals surface area contributed by atoms with Crippen LogP contribution in [0.2, 0.25) is 5.02 Å². The number of methoxy groups -OCH3 is 1. The normalized spacial score (nSPS) is 11.5. The van der Waals surface area contributed by atoms with E-state index in [0.717, 1.165) is 5.56 Å². The van der Waals surface area contributed by atoms with E-state index < -0.39 is 15.3 Å². The van der Waals surface area contributed by atoms with Crippen molar-refractivity contribution in [2.75, 3.05) is 7.11 Å². The molecule has 7 heteroatoms. The van der Waals surface area contributed by atoms with Crippen LogP contribution in [-0.2, 0) is 16.4 Å². The summed E-state index contributed by atoms with van der Waals surface area (Å²) in [4.78, 5) is 12.9. The molecular formula is C23H18ClNO4S. The summed E-state index contributed by atoms with van der Waals surface area (Å²) in [6, 6.07) is 20.5. The first-order valence-corrected chi connectivity index (χ1v) is 11.0. The molecule has 1 aromatic heterocycles. The molecule has 0 saturated carbocycles. The summed E-state index contributed by atoms with van der Waals surface area (Å²) in [7, 11) is -2.55. The van der Waals surface area contributed by atoms with Crippen LogP contribution in [-0.4, -0.2) is 20.1 Å². The Labute approximate surface area is 179 Å². The van der Waals surface area contributed by atoms with E-state index in [-0.39, 0.29) is 15.2 Å². The van der Waals surface area contributed by atoms with Crippen molar-refractivity contribution in [3.05, 3.63) is 99.8 Å². The predicted octanol–water partition coefficient (Wildman–Crippen LogP) is 4.54. The van der Waals surface area contributed by atoms with E-state index in [1.807, 2.05) is 30.3 Å². The maximum absolute atomic E-state index is 13.3. The third-order valence-corrected chi connectivity index (χ3v) is 6.88. The van der Waals surface area contributed by atoms with Crippen LogP contribution in [0.3, 0.4) is 0 Å². The van der Waals surface area contributed by atoms with Crippen molar-refractivity contribution in [1.29, 1.82) is 0 Å². The molecular weight excluding hydrogens is 422 g/mol. The Morgan fingerprint density at radius 3 is 2.33 bits per heavy atom. The Balaban J connectivity index is 1.98. The molecule has 0 radical (unpaired) electrons. The van der Waals surface area contributed by atoms with Gasteiger partial charge in [-0.2, -0.15) is 0 Å². The molecule has 0 fully saturated rings. The summed E-state index contributed by atoms with van der Waals surface area (Å²) >= 11 is 5.89. The molecule has 0 aliphatic rings. The monoisotopic (exact) mass is 439 g/mol. The maximum Gasteiger partial charge on any atom is 0.211 e. The zero-order chi connectivity index (χ0) is 21.3. The summed E-state index contributed by atoms with van der Waals surface area (Å²) in [5.74, 6) is 0.479. The summed E-state index contributed by atoms with van der Waals surface area (Å²) in [6.07, 6.45) is 1.41. The van der Waals surface area contributed by atoms with E-state index in [1.54, 1.807) is 22.8 Å². The van der Waals surface area contributed by atoms with Gasteiger partial charge >= 0.3 is 0 Å². The second kappa shape index (κ2) is 7.97. The standard InChI is InChI=1S/C23H18ClNO4S/c1-29-18-9-12-21-20(13-18)23(26)22(15-25(21)14-16-5-3-2-4-6-16)30(27,28)19-10-7-17(24)8-11-19/h2-13,15H,14H2,1H3. The van der Waals surface area contributed by atoms with Crippen molar-refractivity contribution < 1.29 is 13.2 Å². The number of halogens is 1. The molecule has 1 heterocycles. The van der Waals surface area contributed by atoms with Crippen LogP contribution in [0.1, 0.15) is 5.56 Å². The van der Waals surface area contributed by atoms with Crippen LogP contribution in [0.15, 0.2) is 93.6 Å². The topological polar surface area (TPSA) is 65.4 Å². The van der Waals surface area contributed by atoms with Gasteiger partial charge in [0.1, 0.15) is 10.6 Å². The Bertz CT molecular complexity index is 1380. The van der Waals surface area contributed by atoms with Gasteiger partial charge in [-0.15, -0.1) is 0 Å². The molecule has 0 N–H and O–H groups in total. The van der Waals surface area contributed by atoms with Crippen LogP contribution in [0.4, 0.5) is 0 Å². The summed E-state index contributed by atoms with van der Waals surface area (Å²) in [6.45, 7) is 0.410. The molecule has 0 unspecified atom stereocenters. The minimum Gasteiger partial charge on any atom is -0.497 e. The molecule has 0 amide bonds. The lowest BCUT2D eigenvalue weighted by molar-refractivity contribution is 0.415. The molecule has 152 valence electrons. The molecule has 4 rings (SSSR count). The van der Waals surface area contributed by atoms with E-state index in [0.29, 0.717) is 22.8 Å². The van der Waals surface area contributed by atoms with Crippen molar-refractivity contribution in [2.24, 2.45) is 0 Å². The second-order valence-electron chi connectivity index (χ2n) is 6.78. The number of benzene rings is 3. The molecule has 5 nitrogen and oxygen atoms in total. The minimum absolute atomic E-state index is 0.0116. The van der Waals surface area contributed by atoms with Crippen molar-refractivity contribution in [3.8, 4) is 5.75 Å². The van der Waals surface area contributed by atoms with E-state index in [9.17, 15) is 13.2 Å². The SMILES string of the molecule is COc1ccc2c(c1)c(=O)c(S(=O)(=O)c1ccc(Cl)cc1)cn2Cc1ccccc1. The van der Waals surface area contributed by atoms with Crippen LogP contribution >= 0.6 is 11.6 Å². The van der Waals surface area contributed by atoms with E-state index in [1.165, 1.54) is 37.6 Å². The molecule has 3 aromatic carbocycles. The maximum atomic E-state index is 13.3. The number of fused-ring (bicyclic) bond motifs is 1. The van der Waals surface area contributed by atoms with Gasteiger partial charge in [0.2, 0.25) is 15.3 Å². The molecule has 30 heavy (non-hydrogen) atoms.